The summed E-state index contributed by atoms with van der Waals surface area (Å²) < 4.78 is 1.01. The molecular formula is C23H22N4O2S. The number of aromatic nitrogens is 1. The van der Waals surface area contributed by atoms with Crippen LogP contribution >= 0.6 is 11.3 Å². The van der Waals surface area contributed by atoms with Crippen LogP contribution in [0.4, 0.5) is 11.4 Å². The Balaban J connectivity index is 1.78. The summed E-state index contributed by atoms with van der Waals surface area (Å²) in [6.45, 7) is 0. The fraction of sp³-hybridized carbons (Fsp3) is 0.304. The second-order valence-electron chi connectivity index (χ2n) is 7.56. The smallest absolute Gasteiger partial charge is 0.270 e. The van der Waals surface area contributed by atoms with Gasteiger partial charge >= 0.3 is 0 Å². The van der Waals surface area contributed by atoms with Crippen LogP contribution in [0.1, 0.15) is 42.7 Å². The molecule has 0 unspecified atom stereocenters. The van der Waals surface area contributed by atoms with Crippen molar-refractivity contribution in [2.75, 3.05) is 11.9 Å². The molecule has 0 amide bonds. The molecular weight excluding hydrogens is 396 g/mol. The molecule has 0 N–H and O–H groups in total. The van der Waals surface area contributed by atoms with Crippen molar-refractivity contribution in [2.24, 2.45) is 0 Å². The van der Waals surface area contributed by atoms with Crippen molar-refractivity contribution in [1.82, 2.24) is 4.98 Å². The van der Waals surface area contributed by atoms with Crippen molar-refractivity contribution in [3.8, 4) is 6.07 Å². The van der Waals surface area contributed by atoms with Gasteiger partial charge in [0.2, 0.25) is 0 Å². The lowest BCUT2D eigenvalue weighted by molar-refractivity contribution is -0.384. The Morgan fingerprint density at radius 3 is 2.73 bits per heavy atom. The standard InChI is InChI=1S/C23H22N4O2S/c1-26(18-7-3-2-4-8-18)21-12-11-19(27(28)29)14-16(21)13-17(15-24)23-25-20-9-5-6-10-22(20)30-23/h5-6,9-14,18H,2-4,7-8H2,1H3. The topological polar surface area (TPSA) is 83.1 Å². The van der Waals surface area contributed by atoms with E-state index in [1.807, 2.05) is 31.3 Å². The maximum absolute atomic E-state index is 11.4. The second-order valence-corrected chi connectivity index (χ2v) is 8.59. The Morgan fingerprint density at radius 1 is 1.27 bits per heavy atom. The summed E-state index contributed by atoms with van der Waals surface area (Å²) in [4.78, 5) is 17.8. The number of nitriles is 1. The number of nitrogens with zero attached hydrogens (tertiary/aromatic N) is 4. The van der Waals surface area contributed by atoms with E-state index >= 15 is 0 Å². The quantitative estimate of drug-likeness (QED) is 0.287. The van der Waals surface area contributed by atoms with Gasteiger partial charge < -0.3 is 4.90 Å². The number of anilines is 1. The van der Waals surface area contributed by atoms with Gasteiger partial charge in [-0.15, -0.1) is 11.3 Å². The second kappa shape index (κ2) is 8.64. The first-order valence-corrected chi connectivity index (χ1v) is 10.9. The highest BCUT2D eigenvalue weighted by molar-refractivity contribution is 7.19. The van der Waals surface area contributed by atoms with Gasteiger partial charge in [-0.2, -0.15) is 5.26 Å². The summed E-state index contributed by atoms with van der Waals surface area (Å²) in [7, 11) is 2.04. The monoisotopic (exact) mass is 418 g/mol. The van der Waals surface area contributed by atoms with Gasteiger partial charge in [-0.1, -0.05) is 31.4 Å². The highest BCUT2D eigenvalue weighted by atomic mass is 32.1. The van der Waals surface area contributed by atoms with Crippen molar-refractivity contribution >= 4 is 44.6 Å². The Kier molecular flexibility index (Phi) is 5.77. The molecule has 0 atom stereocenters. The van der Waals surface area contributed by atoms with E-state index in [0.717, 1.165) is 28.7 Å². The van der Waals surface area contributed by atoms with Gasteiger partial charge in [0, 0.05) is 36.5 Å². The summed E-state index contributed by atoms with van der Waals surface area (Å²) >= 11 is 1.45. The molecule has 3 aromatic rings. The third-order valence-electron chi connectivity index (χ3n) is 5.67. The highest BCUT2D eigenvalue weighted by Gasteiger charge is 2.22. The molecule has 0 radical (unpaired) electrons. The number of fused-ring (bicyclic) bond motifs is 1. The molecule has 7 heteroatoms. The van der Waals surface area contributed by atoms with E-state index < -0.39 is 4.92 Å². The van der Waals surface area contributed by atoms with Gasteiger partial charge in [-0.05, 0) is 37.1 Å². The van der Waals surface area contributed by atoms with Crippen LogP contribution in [0.25, 0.3) is 21.9 Å². The zero-order chi connectivity index (χ0) is 21.1. The average Bonchev–Trinajstić information content (AvgIpc) is 3.21. The van der Waals surface area contributed by atoms with Gasteiger partial charge in [0.1, 0.15) is 11.1 Å². The maximum Gasteiger partial charge on any atom is 0.270 e. The van der Waals surface area contributed by atoms with E-state index in [1.54, 1.807) is 18.2 Å². The van der Waals surface area contributed by atoms with Gasteiger partial charge in [0.05, 0.1) is 20.7 Å². The Labute approximate surface area is 179 Å². The van der Waals surface area contributed by atoms with E-state index in [2.05, 4.69) is 16.0 Å². The zero-order valence-electron chi connectivity index (χ0n) is 16.7. The number of rotatable bonds is 5. The number of thiazole rings is 1. The number of hydrogen-bond donors (Lipinski definition) is 0. The van der Waals surface area contributed by atoms with Gasteiger partial charge in [-0.25, -0.2) is 4.98 Å². The fourth-order valence-electron chi connectivity index (χ4n) is 4.04. The normalized spacial score (nSPS) is 15.1. The van der Waals surface area contributed by atoms with Crippen LogP contribution in [0.2, 0.25) is 0 Å². The molecule has 6 nitrogen and oxygen atoms in total. The summed E-state index contributed by atoms with van der Waals surface area (Å²) in [6, 6.07) is 15.3. The van der Waals surface area contributed by atoms with Crippen LogP contribution < -0.4 is 4.90 Å². The molecule has 0 aliphatic heterocycles. The first-order chi connectivity index (χ1) is 14.6. The Hall–Kier alpha value is -3.24. The summed E-state index contributed by atoms with van der Waals surface area (Å²) in [5.74, 6) is 0. The molecule has 1 heterocycles. The zero-order valence-corrected chi connectivity index (χ0v) is 17.6. The molecule has 1 aromatic heterocycles. The number of non-ortho nitro benzene ring substituents is 1. The Bertz CT molecular complexity index is 1120. The molecule has 1 aliphatic carbocycles. The largest absolute Gasteiger partial charge is 0.371 e. The van der Waals surface area contributed by atoms with Crippen LogP contribution in [-0.4, -0.2) is 23.0 Å². The van der Waals surface area contributed by atoms with E-state index in [0.29, 0.717) is 22.2 Å². The number of hydrogen-bond acceptors (Lipinski definition) is 6. The minimum atomic E-state index is -0.397. The van der Waals surface area contributed by atoms with E-state index in [4.69, 9.17) is 0 Å². The average molecular weight is 419 g/mol. The molecule has 0 spiro atoms. The lowest BCUT2D eigenvalue weighted by atomic mass is 9.93. The van der Waals surface area contributed by atoms with Crippen molar-refractivity contribution < 1.29 is 4.92 Å². The van der Waals surface area contributed by atoms with Crippen LogP contribution in [0.3, 0.4) is 0 Å². The van der Waals surface area contributed by atoms with E-state index in [1.165, 1.54) is 36.7 Å². The Morgan fingerprint density at radius 2 is 2.03 bits per heavy atom. The van der Waals surface area contributed by atoms with Crippen LogP contribution in [0.15, 0.2) is 42.5 Å². The van der Waals surface area contributed by atoms with Gasteiger partial charge in [-0.3, -0.25) is 10.1 Å². The fourth-order valence-corrected chi connectivity index (χ4v) is 4.97. The summed E-state index contributed by atoms with van der Waals surface area (Å²) in [5, 5.41) is 21.8. The molecule has 1 fully saturated rings. The van der Waals surface area contributed by atoms with Crippen molar-refractivity contribution in [3.63, 3.8) is 0 Å². The number of allylic oxidation sites excluding steroid dienone is 1. The van der Waals surface area contributed by atoms with Crippen LogP contribution in [-0.2, 0) is 0 Å². The third-order valence-corrected chi connectivity index (χ3v) is 6.74. The van der Waals surface area contributed by atoms with Crippen LogP contribution in [0.5, 0.6) is 0 Å². The lowest BCUT2D eigenvalue weighted by Gasteiger charge is -2.33. The summed E-state index contributed by atoms with van der Waals surface area (Å²) in [5.41, 5.74) is 2.85. The molecule has 152 valence electrons. The number of nitro groups is 1. The minimum absolute atomic E-state index is 0.0173. The number of para-hydroxylation sites is 1. The van der Waals surface area contributed by atoms with Crippen molar-refractivity contribution in [3.05, 3.63) is 63.1 Å². The molecule has 30 heavy (non-hydrogen) atoms. The van der Waals surface area contributed by atoms with Crippen molar-refractivity contribution in [2.45, 2.75) is 38.1 Å². The predicted octanol–water partition coefficient (Wildman–Crippen LogP) is 6.04. The first kappa shape index (κ1) is 20.0. The highest BCUT2D eigenvalue weighted by Crippen LogP contribution is 2.34. The first-order valence-electron chi connectivity index (χ1n) is 10.1. The van der Waals surface area contributed by atoms with E-state index in [9.17, 15) is 15.4 Å². The minimum Gasteiger partial charge on any atom is -0.371 e. The molecule has 1 aliphatic rings. The molecule has 4 rings (SSSR count). The maximum atomic E-state index is 11.4. The molecule has 0 bridgehead atoms. The molecule has 2 aromatic carbocycles. The van der Waals surface area contributed by atoms with Gasteiger partial charge in [0.25, 0.3) is 5.69 Å². The molecule has 1 saturated carbocycles. The number of benzene rings is 2. The summed E-state index contributed by atoms with van der Waals surface area (Å²) in [6.07, 6.45) is 7.61. The predicted molar refractivity (Wildman–Crippen MR) is 121 cm³/mol. The number of nitro benzene ring substituents is 1. The lowest BCUT2D eigenvalue weighted by Crippen LogP contribution is -2.33. The van der Waals surface area contributed by atoms with Crippen LogP contribution in [0, 0.1) is 21.4 Å². The molecule has 0 saturated heterocycles. The van der Waals surface area contributed by atoms with E-state index in [-0.39, 0.29) is 5.69 Å². The SMILES string of the molecule is CN(c1ccc([N+](=O)[O-])cc1C=C(C#N)c1nc2ccccc2s1)C1CCCCC1. The van der Waals surface area contributed by atoms with Gasteiger partial charge in [0.15, 0.2) is 0 Å². The third kappa shape index (κ3) is 4.05. The van der Waals surface area contributed by atoms with Crippen molar-refractivity contribution in [1.29, 1.82) is 5.26 Å².